The molecule has 0 radical (unpaired) electrons. The third kappa shape index (κ3) is 2.24. The Morgan fingerprint density at radius 3 is 2.86 bits per heavy atom. The second-order valence-corrected chi connectivity index (χ2v) is 4.44. The Morgan fingerprint density at radius 2 is 2.36 bits per heavy atom. The zero-order valence-electron chi connectivity index (χ0n) is 8.66. The van der Waals surface area contributed by atoms with E-state index in [9.17, 15) is 9.90 Å². The summed E-state index contributed by atoms with van der Waals surface area (Å²) in [7, 11) is 0. The van der Waals surface area contributed by atoms with Gasteiger partial charge in [0.1, 0.15) is 6.42 Å². The summed E-state index contributed by atoms with van der Waals surface area (Å²) in [5, 5.41) is 18.1. The predicted octanol–water partition coefficient (Wildman–Crippen LogP) is 0.519. The molecule has 0 saturated carbocycles. The molecule has 0 aromatic carbocycles. The number of aliphatic hydroxyl groups excluding tert-OH is 1. The van der Waals surface area contributed by atoms with Gasteiger partial charge >= 0.3 is 0 Å². The SMILES string of the molecule is CC1(C)CN(C(=O)CC#N)CCC1O. The summed E-state index contributed by atoms with van der Waals surface area (Å²) in [6.07, 6.45) is 0.185. The molecule has 4 heteroatoms. The molecule has 1 amide bonds. The normalized spacial score (nSPS) is 25.6. The van der Waals surface area contributed by atoms with Crippen LogP contribution in [0.5, 0.6) is 0 Å². The topological polar surface area (TPSA) is 64.3 Å². The van der Waals surface area contributed by atoms with Gasteiger partial charge in [-0.3, -0.25) is 4.79 Å². The number of hydrogen-bond donors (Lipinski definition) is 1. The van der Waals surface area contributed by atoms with Crippen molar-refractivity contribution in [1.82, 2.24) is 4.90 Å². The zero-order valence-corrected chi connectivity index (χ0v) is 8.66. The van der Waals surface area contributed by atoms with Crippen molar-refractivity contribution in [2.45, 2.75) is 32.8 Å². The van der Waals surface area contributed by atoms with Crippen LogP contribution in [0.25, 0.3) is 0 Å². The highest BCUT2D eigenvalue weighted by molar-refractivity contribution is 5.78. The monoisotopic (exact) mass is 196 g/mol. The van der Waals surface area contributed by atoms with Gasteiger partial charge in [-0.1, -0.05) is 13.8 Å². The second kappa shape index (κ2) is 3.97. The molecule has 1 rings (SSSR count). The van der Waals surface area contributed by atoms with Gasteiger partial charge in [0, 0.05) is 18.5 Å². The van der Waals surface area contributed by atoms with E-state index in [1.165, 1.54) is 0 Å². The molecule has 1 aliphatic rings. The standard InChI is InChI=1S/C10H16N2O2/c1-10(2)7-12(6-4-8(10)13)9(14)3-5-11/h8,13H,3-4,6-7H2,1-2H3. The van der Waals surface area contributed by atoms with Gasteiger partial charge in [0.25, 0.3) is 0 Å². The van der Waals surface area contributed by atoms with Crippen LogP contribution in [0.4, 0.5) is 0 Å². The van der Waals surface area contributed by atoms with Gasteiger partial charge in [-0.05, 0) is 6.42 Å². The van der Waals surface area contributed by atoms with E-state index in [0.717, 1.165) is 0 Å². The van der Waals surface area contributed by atoms with Gasteiger partial charge in [-0.2, -0.15) is 5.26 Å². The molecule has 1 heterocycles. The van der Waals surface area contributed by atoms with E-state index in [1.54, 1.807) is 4.90 Å². The van der Waals surface area contributed by atoms with Crippen molar-refractivity contribution < 1.29 is 9.90 Å². The van der Waals surface area contributed by atoms with Crippen molar-refractivity contribution in [3.8, 4) is 6.07 Å². The van der Waals surface area contributed by atoms with Crippen LogP contribution in [0.2, 0.25) is 0 Å². The van der Waals surface area contributed by atoms with Crippen LogP contribution in [0.3, 0.4) is 0 Å². The lowest BCUT2D eigenvalue weighted by atomic mass is 9.81. The maximum atomic E-state index is 11.4. The first kappa shape index (κ1) is 11.0. The lowest BCUT2D eigenvalue weighted by molar-refractivity contribution is -0.136. The fourth-order valence-corrected chi connectivity index (χ4v) is 1.74. The van der Waals surface area contributed by atoms with Gasteiger partial charge in [0.05, 0.1) is 12.2 Å². The molecule has 1 atom stereocenters. The van der Waals surface area contributed by atoms with Crippen molar-refractivity contribution in [2.75, 3.05) is 13.1 Å². The van der Waals surface area contributed by atoms with Crippen LogP contribution < -0.4 is 0 Å². The fraction of sp³-hybridized carbons (Fsp3) is 0.800. The van der Waals surface area contributed by atoms with Gasteiger partial charge in [0.15, 0.2) is 0 Å². The number of nitriles is 1. The van der Waals surface area contributed by atoms with Crippen LogP contribution in [0.15, 0.2) is 0 Å². The van der Waals surface area contributed by atoms with Crippen LogP contribution in [0.1, 0.15) is 26.7 Å². The van der Waals surface area contributed by atoms with Crippen LogP contribution in [-0.2, 0) is 4.79 Å². The van der Waals surface area contributed by atoms with Crippen molar-refractivity contribution in [3.05, 3.63) is 0 Å². The molecule has 14 heavy (non-hydrogen) atoms. The maximum Gasteiger partial charge on any atom is 0.236 e. The van der Waals surface area contributed by atoms with E-state index in [4.69, 9.17) is 5.26 Å². The number of carbonyl (C=O) groups is 1. The lowest BCUT2D eigenvalue weighted by Gasteiger charge is -2.41. The zero-order chi connectivity index (χ0) is 10.8. The van der Waals surface area contributed by atoms with Gasteiger partial charge < -0.3 is 10.0 Å². The lowest BCUT2D eigenvalue weighted by Crippen LogP contribution is -2.50. The van der Waals surface area contributed by atoms with E-state index < -0.39 is 0 Å². The molecule has 78 valence electrons. The van der Waals surface area contributed by atoms with Crippen molar-refractivity contribution in [2.24, 2.45) is 5.41 Å². The van der Waals surface area contributed by atoms with Crippen LogP contribution in [-0.4, -0.2) is 35.1 Å². The predicted molar refractivity (Wildman–Crippen MR) is 51.2 cm³/mol. The van der Waals surface area contributed by atoms with Crippen molar-refractivity contribution in [1.29, 1.82) is 5.26 Å². The molecule has 0 aromatic heterocycles. The highest BCUT2D eigenvalue weighted by Gasteiger charge is 2.36. The molecule has 0 aliphatic carbocycles. The Kier molecular flexibility index (Phi) is 3.12. The highest BCUT2D eigenvalue weighted by atomic mass is 16.3. The fourth-order valence-electron chi connectivity index (χ4n) is 1.74. The number of likely N-dealkylation sites (tertiary alicyclic amines) is 1. The van der Waals surface area contributed by atoms with Crippen molar-refractivity contribution in [3.63, 3.8) is 0 Å². The summed E-state index contributed by atoms with van der Waals surface area (Å²) in [5.41, 5.74) is -0.261. The number of rotatable bonds is 1. The summed E-state index contributed by atoms with van der Waals surface area (Å²) >= 11 is 0. The summed E-state index contributed by atoms with van der Waals surface area (Å²) < 4.78 is 0. The molecule has 1 saturated heterocycles. The Morgan fingerprint density at radius 1 is 1.71 bits per heavy atom. The average molecular weight is 196 g/mol. The number of nitrogens with zero attached hydrogens (tertiary/aromatic N) is 2. The van der Waals surface area contributed by atoms with E-state index in [1.807, 2.05) is 19.9 Å². The van der Waals surface area contributed by atoms with Gasteiger partial charge in [0.2, 0.25) is 5.91 Å². The summed E-state index contributed by atoms with van der Waals surface area (Å²) in [5.74, 6) is -0.132. The van der Waals surface area contributed by atoms with E-state index in [2.05, 4.69) is 0 Å². The first-order valence-electron chi connectivity index (χ1n) is 4.80. The Balaban J connectivity index is 2.60. The van der Waals surface area contributed by atoms with E-state index in [0.29, 0.717) is 19.5 Å². The number of piperidine rings is 1. The first-order chi connectivity index (χ1) is 6.47. The first-order valence-corrected chi connectivity index (χ1v) is 4.80. The molecule has 1 N–H and O–H groups in total. The summed E-state index contributed by atoms with van der Waals surface area (Å²) in [4.78, 5) is 13.1. The largest absolute Gasteiger partial charge is 0.392 e. The summed E-state index contributed by atoms with van der Waals surface area (Å²) in [6, 6.07) is 1.85. The van der Waals surface area contributed by atoms with Gasteiger partial charge in [-0.25, -0.2) is 0 Å². The number of hydrogen-bond acceptors (Lipinski definition) is 3. The highest BCUT2D eigenvalue weighted by Crippen LogP contribution is 2.29. The Labute approximate surface area is 84.1 Å². The number of aliphatic hydroxyl groups is 1. The molecule has 1 fully saturated rings. The molecule has 4 nitrogen and oxygen atoms in total. The maximum absolute atomic E-state index is 11.4. The number of carbonyl (C=O) groups excluding carboxylic acids is 1. The minimum atomic E-state index is -0.353. The molecular formula is C10H16N2O2. The Hall–Kier alpha value is -1.08. The third-order valence-corrected chi connectivity index (χ3v) is 2.76. The smallest absolute Gasteiger partial charge is 0.236 e. The third-order valence-electron chi connectivity index (χ3n) is 2.76. The Bertz CT molecular complexity index is 268. The number of amides is 1. The second-order valence-electron chi connectivity index (χ2n) is 4.44. The molecule has 0 bridgehead atoms. The molecule has 0 aromatic rings. The van der Waals surface area contributed by atoms with Crippen molar-refractivity contribution >= 4 is 5.91 Å². The average Bonchev–Trinajstić information content (AvgIpc) is 2.10. The quantitative estimate of drug-likeness (QED) is 0.665. The molecule has 0 spiro atoms. The van der Waals surface area contributed by atoms with E-state index >= 15 is 0 Å². The molecule has 1 aliphatic heterocycles. The van der Waals surface area contributed by atoms with Crippen LogP contribution in [0, 0.1) is 16.7 Å². The minimum Gasteiger partial charge on any atom is -0.392 e. The molecular weight excluding hydrogens is 180 g/mol. The minimum absolute atomic E-state index is 0.0633. The van der Waals surface area contributed by atoms with E-state index in [-0.39, 0.29) is 23.8 Å². The summed E-state index contributed by atoms with van der Waals surface area (Å²) in [6.45, 7) is 4.97. The molecule has 1 unspecified atom stereocenters. The van der Waals surface area contributed by atoms with Gasteiger partial charge in [-0.15, -0.1) is 0 Å². The van der Waals surface area contributed by atoms with Crippen LogP contribution >= 0.6 is 0 Å².